The van der Waals surface area contributed by atoms with Gasteiger partial charge in [-0.2, -0.15) is 0 Å². The maximum Gasteiger partial charge on any atom is -0.0443 e. The highest BCUT2D eigenvalue weighted by Gasteiger charge is 2.06. The van der Waals surface area contributed by atoms with Crippen molar-refractivity contribution in [1.29, 1.82) is 0 Å². The van der Waals surface area contributed by atoms with E-state index in [1.807, 2.05) is 0 Å². The summed E-state index contributed by atoms with van der Waals surface area (Å²) < 4.78 is 0. The van der Waals surface area contributed by atoms with Gasteiger partial charge in [-0.3, -0.25) is 0 Å². The van der Waals surface area contributed by atoms with Crippen LogP contribution in [0.4, 0.5) is 0 Å². The van der Waals surface area contributed by atoms with Gasteiger partial charge in [-0.15, -0.1) is 0 Å². The number of hydrogen-bond acceptors (Lipinski definition) is 0. The first-order chi connectivity index (χ1) is 19.7. The molecular weight excluding hydrogens is 480 g/mol. The van der Waals surface area contributed by atoms with E-state index in [0.717, 1.165) is 11.8 Å². The molecule has 0 N–H and O–H groups in total. The molecular formula is C40H82. The second kappa shape index (κ2) is 35.2. The third-order valence-corrected chi connectivity index (χ3v) is 9.74. The van der Waals surface area contributed by atoms with Crippen LogP contribution >= 0.6 is 0 Å². The molecule has 0 aromatic carbocycles. The molecule has 0 aliphatic heterocycles. The Hall–Kier alpha value is 0. The van der Waals surface area contributed by atoms with Crippen molar-refractivity contribution in [3.8, 4) is 0 Å². The van der Waals surface area contributed by atoms with E-state index >= 15 is 0 Å². The molecule has 0 aliphatic rings. The van der Waals surface area contributed by atoms with Gasteiger partial charge in [0.1, 0.15) is 0 Å². The highest BCUT2D eigenvalue weighted by atomic mass is 14.1. The van der Waals surface area contributed by atoms with Gasteiger partial charge in [-0.25, -0.2) is 0 Å². The van der Waals surface area contributed by atoms with E-state index in [1.54, 1.807) is 0 Å². The topological polar surface area (TPSA) is 0 Å². The zero-order valence-electron chi connectivity index (χ0n) is 29.2. The summed E-state index contributed by atoms with van der Waals surface area (Å²) in [7, 11) is 0. The molecule has 0 heteroatoms. The predicted octanol–water partition coefficient (Wildman–Crippen LogP) is 15.6. The normalized spacial score (nSPS) is 13.2. The molecule has 0 radical (unpaired) electrons. The molecule has 0 saturated carbocycles. The van der Waals surface area contributed by atoms with Crippen molar-refractivity contribution in [1.82, 2.24) is 0 Å². The van der Waals surface area contributed by atoms with Crippen LogP contribution in [-0.2, 0) is 0 Å². The number of rotatable bonds is 35. The second-order valence-corrected chi connectivity index (χ2v) is 14.3. The van der Waals surface area contributed by atoms with Gasteiger partial charge >= 0.3 is 0 Å². The van der Waals surface area contributed by atoms with Crippen LogP contribution < -0.4 is 0 Å². The van der Waals surface area contributed by atoms with Crippen LogP contribution in [0.1, 0.15) is 246 Å². The van der Waals surface area contributed by atoms with Crippen molar-refractivity contribution in [2.24, 2.45) is 11.8 Å². The van der Waals surface area contributed by atoms with Crippen LogP contribution in [0.15, 0.2) is 0 Å². The fourth-order valence-corrected chi connectivity index (χ4v) is 6.65. The number of unbranched alkanes of at least 4 members (excludes halogenated alkanes) is 27. The highest BCUT2D eigenvalue weighted by molar-refractivity contribution is 4.60. The summed E-state index contributed by atoms with van der Waals surface area (Å²) in [4.78, 5) is 0. The van der Waals surface area contributed by atoms with Gasteiger partial charge < -0.3 is 0 Å². The molecule has 0 spiro atoms. The molecule has 40 heavy (non-hydrogen) atoms. The van der Waals surface area contributed by atoms with Crippen LogP contribution in [0.25, 0.3) is 0 Å². The van der Waals surface area contributed by atoms with Crippen LogP contribution in [0.2, 0.25) is 0 Å². The zero-order valence-corrected chi connectivity index (χ0v) is 29.2. The summed E-state index contributed by atoms with van der Waals surface area (Å²) in [5.41, 5.74) is 0. The standard InChI is InChI=1S/C40H82/c1-5-7-9-11-13-15-17-19-20-21-22-23-25-27-29-31-33-36-40(4)38-34-37-39(3)35-32-30-28-26-24-18-16-14-12-10-8-6-2/h39-40H,5-38H2,1-4H3. The first kappa shape index (κ1) is 40.0. The molecule has 0 bridgehead atoms. The van der Waals surface area contributed by atoms with E-state index in [0.29, 0.717) is 0 Å². The molecule has 2 unspecified atom stereocenters. The van der Waals surface area contributed by atoms with Gasteiger partial charge in [0.05, 0.1) is 0 Å². The lowest BCUT2D eigenvalue weighted by molar-refractivity contribution is 0.390. The van der Waals surface area contributed by atoms with Gasteiger partial charge in [0.25, 0.3) is 0 Å². The van der Waals surface area contributed by atoms with E-state index in [1.165, 1.54) is 218 Å². The summed E-state index contributed by atoms with van der Waals surface area (Å²) in [6.45, 7) is 9.65. The van der Waals surface area contributed by atoms with E-state index < -0.39 is 0 Å². The third-order valence-electron chi connectivity index (χ3n) is 9.74. The maximum absolute atomic E-state index is 2.52. The minimum atomic E-state index is 0.954. The average molecular weight is 563 g/mol. The fourth-order valence-electron chi connectivity index (χ4n) is 6.65. The van der Waals surface area contributed by atoms with Gasteiger partial charge in [-0.1, -0.05) is 246 Å². The SMILES string of the molecule is CCCCCCCCCCCCCCCCCCCC(C)CCCC(C)CCCCCCCCCCCCCC. The minimum Gasteiger partial charge on any atom is -0.0654 e. The quantitative estimate of drug-likeness (QED) is 0.0674. The Bertz CT molecular complexity index is 426. The second-order valence-electron chi connectivity index (χ2n) is 14.3. The molecule has 0 fully saturated rings. The van der Waals surface area contributed by atoms with Gasteiger partial charge in [0.2, 0.25) is 0 Å². The first-order valence-corrected chi connectivity index (χ1v) is 19.7. The molecule has 0 amide bonds. The summed E-state index contributed by atoms with van der Waals surface area (Å²) in [6, 6.07) is 0. The molecule has 2 atom stereocenters. The Morgan fingerprint density at radius 2 is 0.400 bits per heavy atom. The summed E-state index contributed by atoms with van der Waals surface area (Å²) >= 11 is 0. The van der Waals surface area contributed by atoms with Gasteiger partial charge in [0, 0.05) is 0 Å². The van der Waals surface area contributed by atoms with Gasteiger partial charge in [0.15, 0.2) is 0 Å². The highest BCUT2D eigenvalue weighted by Crippen LogP contribution is 2.22. The largest absolute Gasteiger partial charge is 0.0654 e. The summed E-state index contributed by atoms with van der Waals surface area (Å²) in [5.74, 6) is 1.91. The lowest BCUT2D eigenvalue weighted by atomic mass is 9.92. The number of hydrogen-bond donors (Lipinski definition) is 0. The Balaban J connectivity index is 3.25. The van der Waals surface area contributed by atoms with E-state index in [9.17, 15) is 0 Å². The third kappa shape index (κ3) is 34.2. The van der Waals surface area contributed by atoms with Crippen molar-refractivity contribution in [2.75, 3.05) is 0 Å². The molecule has 0 aromatic rings. The van der Waals surface area contributed by atoms with Crippen LogP contribution in [0, 0.1) is 11.8 Å². The maximum atomic E-state index is 2.52. The van der Waals surface area contributed by atoms with E-state index in [2.05, 4.69) is 27.7 Å². The average Bonchev–Trinajstić information content (AvgIpc) is 2.95. The summed E-state index contributed by atoms with van der Waals surface area (Å²) in [6.07, 6.45) is 50.1. The lowest BCUT2D eigenvalue weighted by Gasteiger charge is -2.14. The smallest absolute Gasteiger partial charge is 0.0443 e. The molecule has 0 saturated heterocycles. The predicted molar refractivity (Wildman–Crippen MR) is 187 cm³/mol. The van der Waals surface area contributed by atoms with Crippen LogP contribution in [-0.4, -0.2) is 0 Å². The minimum absolute atomic E-state index is 0.954. The lowest BCUT2D eigenvalue weighted by Crippen LogP contribution is -1.99. The van der Waals surface area contributed by atoms with Crippen molar-refractivity contribution in [3.63, 3.8) is 0 Å². The Kier molecular flexibility index (Phi) is 35.2. The van der Waals surface area contributed by atoms with Crippen LogP contribution in [0.3, 0.4) is 0 Å². The Labute approximate surface area is 257 Å². The van der Waals surface area contributed by atoms with Crippen molar-refractivity contribution < 1.29 is 0 Å². The van der Waals surface area contributed by atoms with Crippen molar-refractivity contribution in [2.45, 2.75) is 246 Å². The molecule has 0 nitrogen and oxygen atoms in total. The Morgan fingerprint density at radius 3 is 0.625 bits per heavy atom. The molecule has 242 valence electrons. The van der Waals surface area contributed by atoms with Crippen molar-refractivity contribution >= 4 is 0 Å². The fraction of sp³-hybridized carbons (Fsp3) is 1.00. The molecule has 0 aromatic heterocycles. The molecule has 0 rings (SSSR count). The van der Waals surface area contributed by atoms with E-state index in [4.69, 9.17) is 0 Å². The zero-order chi connectivity index (χ0) is 29.2. The molecule has 0 heterocycles. The van der Waals surface area contributed by atoms with E-state index in [-0.39, 0.29) is 0 Å². The van der Waals surface area contributed by atoms with Crippen molar-refractivity contribution in [3.05, 3.63) is 0 Å². The summed E-state index contributed by atoms with van der Waals surface area (Å²) in [5, 5.41) is 0. The van der Waals surface area contributed by atoms with Gasteiger partial charge in [-0.05, 0) is 11.8 Å². The van der Waals surface area contributed by atoms with Crippen LogP contribution in [0.5, 0.6) is 0 Å². The first-order valence-electron chi connectivity index (χ1n) is 19.7. The monoisotopic (exact) mass is 563 g/mol. The molecule has 0 aliphatic carbocycles. The Morgan fingerprint density at radius 1 is 0.225 bits per heavy atom.